The minimum absolute atomic E-state index is 0.0298. The summed E-state index contributed by atoms with van der Waals surface area (Å²) in [6.45, 7) is 5.64. The van der Waals surface area contributed by atoms with Crippen LogP contribution in [0.15, 0.2) is 24.3 Å². The number of amides is 1. The molecule has 0 heterocycles. The van der Waals surface area contributed by atoms with Crippen molar-refractivity contribution in [1.29, 1.82) is 0 Å². The van der Waals surface area contributed by atoms with Crippen molar-refractivity contribution in [3.05, 3.63) is 29.8 Å². The molecular formula is C14H20N2O. The average Bonchev–Trinajstić information content (AvgIpc) is 2.98. The van der Waals surface area contributed by atoms with Crippen LogP contribution in [-0.4, -0.2) is 19.0 Å². The van der Waals surface area contributed by atoms with Gasteiger partial charge in [-0.25, -0.2) is 0 Å². The molecule has 1 fully saturated rings. The first-order valence-electron chi connectivity index (χ1n) is 6.22. The Bertz CT molecular complexity index is 386. The van der Waals surface area contributed by atoms with Gasteiger partial charge in [-0.1, -0.05) is 24.6 Å². The summed E-state index contributed by atoms with van der Waals surface area (Å²) in [4.78, 5) is 11.6. The average molecular weight is 232 g/mol. The van der Waals surface area contributed by atoms with Gasteiger partial charge in [-0.3, -0.25) is 4.79 Å². The summed E-state index contributed by atoms with van der Waals surface area (Å²) in [6, 6.07) is 7.84. The molecule has 92 valence electrons. The fourth-order valence-corrected chi connectivity index (χ4v) is 1.90. The minimum Gasteiger partial charge on any atom is -0.325 e. The van der Waals surface area contributed by atoms with Crippen LogP contribution < -0.4 is 10.6 Å². The highest BCUT2D eigenvalue weighted by molar-refractivity contribution is 5.92. The van der Waals surface area contributed by atoms with Crippen LogP contribution in [0.4, 0.5) is 5.69 Å². The van der Waals surface area contributed by atoms with Crippen LogP contribution in [0.3, 0.4) is 0 Å². The van der Waals surface area contributed by atoms with Crippen LogP contribution in [0.2, 0.25) is 0 Å². The zero-order chi connectivity index (χ0) is 12.3. The smallest absolute Gasteiger partial charge is 0.238 e. The van der Waals surface area contributed by atoms with E-state index in [0.29, 0.717) is 6.54 Å². The Hall–Kier alpha value is -1.35. The van der Waals surface area contributed by atoms with E-state index >= 15 is 0 Å². The first-order valence-corrected chi connectivity index (χ1v) is 6.22. The molecule has 0 saturated heterocycles. The van der Waals surface area contributed by atoms with Crippen LogP contribution in [0.25, 0.3) is 0 Å². The van der Waals surface area contributed by atoms with Gasteiger partial charge in [0.05, 0.1) is 6.54 Å². The number of nitrogens with one attached hydrogen (secondary N) is 2. The van der Waals surface area contributed by atoms with Gasteiger partial charge < -0.3 is 10.6 Å². The molecule has 0 radical (unpaired) electrons. The first kappa shape index (κ1) is 12.1. The largest absolute Gasteiger partial charge is 0.325 e. The Balaban J connectivity index is 1.68. The lowest BCUT2D eigenvalue weighted by atomic mass is 10.2. The van der Waals surface area contributed by atoms with E-state index in [9.17, 15) is 4.79 Å². The number of carbonyl (C=O) groups is 1. The van der Waals surface area contributed by atoms with Gasteiger partial charge in [0.25, 0.3) is 0 Å². The third kappa shape index (κ3) is 3.86. The van der Waals surface area contributed by atoms with Crippen molar-refractivity contribution in [2.75, 3.05) is 18.4 Å². The molecule has 3 nitrogen and oxygen atoms in total. The Labute approximate surface area is 103 Å². The summed E-state index contributed by atoms with van der Waals surface area (Å²) >= 11 is 0. The number of benzene rings is 1. The van der Waals surface area contributed by atoms with E-state index in [2.05, 4.69) is 17.6 Å². The molecule has 1 aliphatic carbocycles. The Morgan fingerprint density at radius 2 is 2.00 bits per heavy atom. The van der Waals surface area contributed by atoms with Crippen LogP contribution in [0, 0.1) is 18.8 Å². The van der Waals surface area contributed by atoms with E-state index in [0.717, 1.165) is 24.1 Å². The lowest BCUT2D eigenvalue weighted by Gasteiger charge is -2.06. The minimum atomic E-state index is 0.0298. The topological polar surface area (TPSA) is 41.1 Å². The molecule has 3 heteroatoms. The maximum Gasteiger partial charge on any atom is 0.238 e. The second kappa shape index (κ2) is 5.32. The molecule has 1 saturated carbocycles. The number of anilines is 1. The Morgan fingerprint density at radius 3 is 2.59 bits per heavy atom. The fourth-order valence-electron chi connectivity index (χ4n) is 1.90. The molecule has 2 atom stereocenters. The summed E-state index contributed by atoms with van der Waals surface area (Å²) < 4.78 is 0. The molecule has 0 aromatic heterocycles. The highest BCUT2D eigenvalue weighted by Crippen LogP contribution is 2.36. The van der Waals surface area contributed by atoms with Crippen molar-refractivity contribution in [1.82, 2.24) is 5.32 Å². The Morgan fingerprint density at radius 1 is 1.35 bits per heavy atom. The maximum absolute atomic E-state index is 11.6. The normalized spacial score (nSPS) is 22.2. The van der Waals surface area contributed by atoms with Crippen LogP contribution in [0.1, 0.15) is 18.9 Å². The van der Waals surface area contributed by atoms with Gasteiger partial charge >= 0.3 is 0 Å². The number of carbonyl (C=O) groups excluding carboxylic acids is 1. The number of hydrogen-bond donors (Lipinski definition) is 2. The van der Waals surface area contributed by atoms with E-state index in [1.807, 2.05) is 31.2 Å². The van der Waals surface area contributed by atoms with Gasteiger partial charge in [0.2, 0.25) is 5.91 Å². The van der Waals surface area contributed by atoms with E-state index in [-0.39, 0.29) is 5.91 Å². The van der Waals surface area contributed by atoms with Gasteiger partial charge in [0.1, 0.15) is 0 Å². The quantitative estimate of drug-likeness (QED) is 0.817. The molecular weight excluding hydrogens is 212 g/mol. The summed E-state index contributed by atoms with van der Waals surface area (Å²) in [7, 11) is 0. The molecule has 0 aliphatic heterocycles. The zero-order valence-electron chi connectivity index (χ0n) is 10.5. The van der Waals surface area contributed by atoms with Gasteiger partial charge in [-0.15, -0.1) is 0 Å². The van der Waals surface area contributed by atoms with Crippen LogP contribution in [-0.2, 0) is 4.79 Å². The van der Waals surface area contributed by atoms with Crippen molar-refractivity contribution >= 4 is 11.6 Å². The summed E-state index contributed by atoms with van der Waals surface area (Å²) in [5.74, 6) is 1.65. The molecule has 2 unspecified atom stereocenters. The van der Waals surface area contributed by atoms with Gasteiger partial charge in [0.15, 0.2) is 0 Å². The monoisotopic (exact) mass is 232 g/mol. The van der Waals surface area contributed by atoms with Crippen molar-refractivity contribution in [2.45, 2.75) is 20.3 Å². The summed E-state index contributed by atoms with van der Waals surface area (Å²) in [6.07, 6.45) is 1.30. The Kier molecular flexibility index (Phi) is 3.79. The third-order valence-corrected chi connectivity index (χ3v) is 3.30. The molecule has 0 bridgehead atoms. The van der Waals surface area contributed by atoms with E-state index in [4.69, 9.17) is 0 Å². The second-order valence-corrected chi connectivity index (χ2v) is 5.02. The predicted molar refractivity (Wildman–Crippen MR) is 69.9 cm³/mol. The predicted octanol–water partition coefficient (Wildman–Crippen LogP) is 2.18. The van der Waals surface area contributed by atoms with Gasteiger partial charge in [-0.05, 0) is 43.9 Å². The standard InChI is InChI=1S/C14H20N2O/c1-10-3-5-13(6-4-10)16-14(17)9-15-8-12-7-11(12)2/h3-6,11-12,15H,7-9H2,1-2H3,(H,16,17). The zero-order valence-corrected chi connectivity index (χ0v) is 10.5. The number of rotatable bonds is 5. The molecule has 1 amide bonds. The van der Waals surface area contributed by atoms with Crippen molar-refractivity contribution in [2.24, 2.45) is 11.8 Å². The fraction of sp³-hybridized carbons (Fsp3) is 0.500. The molecule has 2 N–H and O–H groups in total. The van der Waals surface area contributed by atoms with Crippen molar-refractivity contribution in [3.8, 4) is 0 Å². The summed E-state index contributed by atoms with van der Waals surface area (Å²) in [5.41, 5.74) is 2.06. The third-order valence-electron chi connectivity index (χ3n) is 3.30. The van der Waals surface area contributed by atoms with Crippen LogP contribution in [0.5, 0.6) is 0 Å². The molecule has 1 aromatic rings. The highest BCUT2D eigenvalue weighted by Gasteiger charge is 2.31. The maximum atomic E-state index is 11.6. The molecule has 1 aliphatic rings. The first-order chi connectivity index (χ1) is 8.15. The van der Waals surface area contributed by atoms with Gasteiger partial charge in [0, 0.05) is 5.69 Å². The molecule has 0 spiro atoms. The molecule has 2 rings (SSSR count). The molecule has 1 aromatic carbocycles. The number of hydrogen-bond acceptors (Lipinski definition) is 2. The van der Waals surface area contributed by atoms with Crippen molar-refractivity contribution < 1.29 is 4.79 Å². The van der Waals surface area contributed by atoms with Crippen LogP contribution >= 0.6 is 0 Å². The number of aryl methyl sites for hydroxylation is 1. The summed E-state index contributed by atoms with van der Waals surface area (Å²) in [5, 5.41) is 6.07. The molecule has 17 heavy (non-hydrogen) atoms. The van der Waals surface area contributed by atoms with Crippen molar-refractivity contribution in [3.63, 3.8) is 0 Å². The lowest BCUT2D eigenvalue weighted by molar-refractivity contribution is -0.115. The second-order valence-electron chi connectivity index (χ2n) is 5.02. The SMILES string of the molecule is Cc1ccc(NC(=O)CNCC2CC2C)cc1. The van der Waals surface area contributed by atoms with E-state index < -0.39 is 0 Å². The van der Waals surface area contributed by atoms with E-state index in [1.54, 1.807) is 0 Å². The van der Waals surface area contributed by atoms with Gasteiger partial charge in [-0.2, -0.15) is 0 Å². The van der Waals surface area contributed by atoms with E-state index in [1.165, 1.54) is 12.0 Å². The lowest BCUT2D eigenvalue weighted by Crippen LogP contribution is -2.29. The highest BCUT2D eigenvalue weighted by atomic mass is 16.1.